The SMILES string of the molecule is CNC(C1=COCCC1)C1CCCS1. The fourth-order valence-electron chi connectivity index (χ4n) is 2.29. The Morgan fingerprint density at radius 1 is 1.57 bits per heavy atom. The molecule has 2 heterocycles. The van der Waals surface area contributed by atoms with Gasteiger partial charge in [-0.05, 0) is 44.1 Å². The quantitative estimate of drug-likeness (QED) is 0.776. The zero-order valence-electron chi connectivity index (χ0n) is 8.79. The van der Waals surface area contributed by atoms with Crippen LogP contribution in [0.2, 0.25) is 0 Å². The summed E-state index contributed by atoms with van der Waals surface area (Å²) in [4.78, 5) is 0. The Morgan fingerprint density at radius 3 is 3.07 bits per heavy atom. The van der Waals surface area contributed by atoms with Gasteiger partial charge in [-0.1, -0.05) is 0 Å². The van der Waals surface area contributed by atoms with Gasteiger partial charge in [0.15, 0.2) is 0 Å². The number of nitrogens with one attached hydrogen (secondary N) is 1. The van der Waals surface area contributed by atoms with E-state index < -0.39 is 0 Å². The summed E-state index contributed by atoms with van der Waals surface area (Å²) in [6.07, 6.45) is 7.11. The van der Waals surface area contributed by atoms with Crippen LogP contribution in [0.15, 0.2) is 11.8 Å². The van der Waals surface area contributed by atoms with E-state index in [-0.39, 0.29) is 0 Å². The maximum atomic E-state index is 5.41. The molecule has 0 bridgehead atoms. The molecule has 3 heteroatoms. The minimum Gasteiger partial charge on any atom is -0.501 e. The average Bonchev–Trinajstić information content (AvgIpc) is 2.74. The molecule has 2 nitrogen and oxygen atoms in total. The molecule has 0 aromatic carbocycles. The van der Waals surface area contributed by atoms with Crippen LogP contribution in [0, 0.1) is 0 Å². The van der Waals surface area contributed by atoms with Gasteiger partial charge in [0.2, 0.25) is 0 Å². The fraction of sp³-hybridized carbons (Fsp3) is 0.818. The van der Waals surface area contributed by atoms with Crippen molar-refractivity contribution in [1.82, 2.24) is 5.32 Å². The molecule has 2 rings (SSSR count). The molecule has 0 saturated carbocycles. The van der Waals surface area contributed by atoms with Crippen molar-refractivity contribution < 1.29 is 4.74 Å². The molecule has 0 aromatic rings. The number of hydrogen-bond donors (Lipinski definition) is 1. The van der Waals surface area contributed by atoms with Crippen molar-refractivity contribution in [2.24, 2.45) is 0 Å². The van der Waals surface area contributed by atoms with Gasteiger partial charge in [-0.2, -0.15) is 11.8 Å². The van der Waals surface area contributed by atoms with E-state index in [1.54, 1.807) is 0 Å². The summed E-state index contributed by atoms with van der Waals surface area (Å²) in [5.41, 5.74) is 1.47. The van der Waals surface area contributed by atoms with Gasteiger partial charge in [0.05, 0.1) is 12.9 Å². The number of thioether (sulfide) groups is 1. The molecule has 0 spiro atoms. The Bertz CT molecular complexity index is 211. The molecule has 14 heavy (non-hydrogen) atoms. The topological polar surface area (TPSA) is 21.3 Å². The molecule has 1 fully saturated rings. The second kappa shape index (κ2) is 5.08. The Labute approximate surface area is 90.5 Å². The molecule has 80 valence electrons. The number of ether oxygens (including phenoxy) is 1. The van der Waals surface area contributed by atoms with Crippen molar-refractivity contribution in [2.75, 3.05) is 19.4 Å². The first kappa shape index (κ1) is 10.4. The second-order valence-corrected chi connectivity index (χ2v) is 5.33. The zero-order chi connectivity index (χ0) is 9.80. The van der Waals surface area contributed by atoms with Crippen molar-refractivity contribution in [3.8, 4) is 0 Å². The van der Waals surface area contributed by atoms with Gasteiger partial charge in [-0.25, -0.2) is 0 Å². The first-order chi connectivity index (χ1) is 6.92. The third-order valence-electron chi connectivity index (χ3n) is 3.01. The molecule has 0 radical (unpaired) electrons. The van der Waals surface area contributed by atoms with E-state index in [2.05, 4.69) is 24.1 Å². The zero-order valence-corrected chi connectivity index (χ0v) is 9.61. The molecule has 0 amide bonds. The van der Waals surface area contributed by atoms with Gasteiger partial charge >= 0.3 is 0 Å². The predicted octanol–water partition coefficient (Wildman–Crippen LogP) is 2.16. The van der Waals surface area contributed by atoms with Gasteiger partial charge < -0.3 is 10.1 Å². The van der Waals surface area contributed by atoms with E-state index in [1.165, 1.54) is 37.0 Å². The predicted molar refractivity (Wildman–Crippen MR) is 61.6 cm³/mol. The number of likely N-dealkylation sites (N-methyl/N-ethyl adjacent to an activating group) is 1. The van der Waals surface area contributed by atoms with Crippen molar-refractivity contribution in [1.29, 1.82) is 0 Å². The fourth-order valence-corrected chi connectivity index (χ4v) is 3.76. The van der Waals surface area contributed by atoms with Crippen LogP contribution in [0.3, 0.4) is 0 Å². The van der Waals surface area contributed by atoms with Crippen molar-refractivity contribution >= 4 is 11.8 Å². The first-order valence-electron chi connectivity index (χ1n) is 5.51. The number of hydrogen-bond acceptors (Lipinski definition) is 3. The highest BCUT2D eigenvalue weighted by molar-refractivity contribution is 8.00. The minimum absolute atomic E-state index is 0.544. The normalized spacial score (nSPS) is 29.5. The van der Waals surface area contributed by atoms with Gasteiger partial charge in [-0.3, -0.25) is 0 Å². The lowest BCUT2D eigenvalue weighted by molar-refractivity contribution is 0.219. The van der Waals surface area contributed by atoms with Gasteiger partial charge in [-0.15, -0.1) is 0 Å². The maximum absolute atomic E-state index is 5.41. The molecule has 0 aliphatic carbocycles. The van der Waals surface area contributed by atoms with Crippen LogP contribution in [0.4, 0.5) is 0 Å². The van der Waals surface area contributed by atoms with E-state index in [1.807, 2.05) is 6.26 Å². The Kier molecular flexibility index (Phi) is 3.76. The molecule has 2 aliphatic heterocycles. The van der Waals surface area contributed by atoms with Gasteiger partial charge in [0.1, 0.15) is 0 Å². The molecule has 2 atom stereocenters. The van der Waals surface area contributed by atoms with E-state index in [4.69, 9.17) is 4.74 Å². The summed E-state index contributed by atoms with van der Waals surface area (Å²) < 4.78 is 5.41. The lowest BCUT2D eigenvalue weighted by Gasteiger charge is -2.27. The van der Waals surface area contributed by atoms with Crippen LogP contribution in [0.5, 0.6) is 0 Å². The standard InChI is InChI=1S/C11H19NOS/c1-12-11(10-5-3-7-14-10)9-4-2-6-13-8-9/h8,10-12H,2-7H2,1H3. The molecule has 2 unspecified atom stereocenters. The monoisotopic (exact) mass is 213 g/mol. The van der Waals surface area contributed by atoms with Crippen LogP contribution in [-0.2, 0) is 4.74 Å². The summed E-state index contributed by atoms with van der Waals surface area (Å²) in [5, 5.41) is 4.22. The van der Waals surface area contributed by atoms with E-state index >= 15 is 0 Å². The lowest BCUT2D eigenvalue weighted by atomic mass is 9.97. The summed E-state index contributed by atoms with van der Waals surface area (Å²) in [7, 11) is 2.07. The average molecular weight is 213 g/mol. The molecular formula is C11H19NOS. The summed E-state index contributed by atoms with van der Waals surface area (Å²) in [6, 6.07) is 0.544. The summed E-state index contributed by atoms with van der Waals surface area (Å²) in [6.45, 7) is 0.901. The highest BCUT2D eigenvalue weighted by Gasteiger charge is 2.27. The van der Waals surface area contributed by atoms with Crippen LogP contribution >= 0.6 is 11.8 Å². The first-order valence-corrected chi connectivity index (χ1v) is 6.56. The molecule has 0 aromatic heterocycles. The van der Waals surface area contributed by atoms with Crippen molar-refractivity contribution in [2.45, 2.75) is 37.0 Å². The smallest absolute Gasteiger partial charge is 0.0876 e. The third-order valence-corrected chi connectivity index (χ3v) is 4.47. The minimum atomic E-state index is 0.544. The Morgan fingerprint density at radius 2 is 2.50 bits per heavy atom. The second-order valence-electron chi connectivity index (χ2n) is 3.98. The van der Waals surface area contributed by atoms with Gasteiger partial charge in [0, 0.05) is 11.3 Å². The van der Waals surface area contributed by atoms with Crippen LogP contribution in [0.1, 0.15) is 25.7 Å². The van der Waals surface area contributed by atoms with E-state index in [0.29, 0.717) is 6.04 Å². The maximum Gasteiger partial charge on any atom is 0.0876 e. The number of rotatable bonds is 3. The van der Waals surface area contributed by atoms with Crippen LogP contribution in [-0.4, -0.2) is 30.7 Å². The largest absolute Gasteiger partial charge is 0.501 e. The van der Waals surface area contributed by atoms with Crippen molar-refractivity contribution in [3.63, 3.8) is 0 Å². The van der Waals surface area contributed by atoms with E-state index in [9.17, 15) is 0 Å². The summed E-state index contributed by atoms with van der Waals surface area (Å²) in [5.74, 6) is 1.33. The summed E-state index contributed by atoms with van der Waals surface area (Å²) >= 11 is 2.11. The van der Waals surface area contributed by atoms with Gasteiger partial charge in [0.25, 0.3) is 0 Å². The van der Waals surface area contributed by atoms with Crippen molar-refractivity contribution in [3.05, 3.63) is 11.8 Å². The van der Waals surface area contributed by atoms with Crippen LogP contribution in [0.25, 0.3) is 0 Å². The molecule has 2 aliphatic rings. The molecule has 1 N–H and O–H groups in total. The van der Waals surface area contributed by atoms with E-state index in [0.717, 1.165) is 11.9 Å². The van der Waals surface area contributed by atoms with Crippen LogP contribution < -0.4 is 5.32 Å². The Hall–Kier alpha value is -0.150. The molecule has 1 saturated heterocycles. The highest BCUT2D eigenvalue weighted by Crippen LogP contribution is 2.33. The third kappa shape index (κ3) is 2.26. The lowest BCUT2D eigenvalue weighted by Crippen LogP contribution is -2.37. The Balaban J connectivity index is 1.99. The highest BCUT2D eigenvalue weighted by atomic mass is 32.2. The molecular weight excluding hydrogens is 194 g/mol.